The van der Waals surface area contributed by atoms with Crippen LogP contribution in [0.3, 0.4) is 0 Å². The summed E-state index contributed by atoms with van der Waals surface area (Å²) in [6, 6.07) is 0. The lowest BCUT2D eigenvalue weighted by atomic mass is 10.6. The Morgan fingerprint density at radius 2 is 2.00 bits per heavy atom. The number of aldehydes is 2. The van der Waals surface area contributed by atoms with Crippen LogP contribution in [0.1, 0.15) is 6.42 Å². The molecule has 0 aliphatic carbocycles. The molecule has 3 heteroatoms. The molecule has 0 aliphatic heterocycles. The highest BCUT2D eigenvalue weighted by atomic mass is 32.2. The molecule has 0 amide bonds. The molecule has 0 heterocycles. The first-order valence-electron chi connectivity index (χ1n) is 2.37. The van der Waals surface area contributed by atoms with Gasteiger partial charge in [-0.1, -0.05) is 0 Å². The minimum Gasteiger partial charge on any atom is -0.303 e. The van der Waals surface area contributed by atoms with Crippen molar-refractivity contribution in [3.63, 3.8) is 0 Å². The van der Waals surface area contributed by atoms with Crippen molar-refractivity contribution in [3.05, 3.63) is 0 Å². The fraction of sp³-hybridized carbons (Fsp3) is 0.600. The van der Waals surface area contributed by atoms with Crippen molar-refractivity contribution in [3.8, 4) is 0 Å². The summed E-state index contributed by atoms with van der Waals surface area (Å²) in [6.45, 7) is 0. The summed E-state index contributed by atoms with van der Waals surface area (Å²) in [6.07, 6.45) is 2.26. The minimum absolute atomic E-state index is 0.508. The summed E-state index contributed by atoms with van der Waals surface area (Å²) >= 11 is 1.48. The lowest BCUT2D eigenvalue weighted by Crippen LogP contribution is -1.83. The molecule has 0 unspecified atom stereocenters. The molecule has 0 aromatic heterocycles. The molecule has 0 atom stereocenters. The zero-order valence-corrected chi connectivity index (χ0v) is 5.32. The fourth-order valence-electron chi connectivity index (χ4n) is 0.263. The highest BCUT2D eigenvalue weighted by Crippen LogP contribution is 1.96. The first-order chi connectivity index (χ1) is 3.91. The summed E-state index contributed by atoms with van der Waals surface area (Å²) in [4.78, 5) is 19.3. The third kappa shape index (κ3) is 5.69. The van der Waals surface area contributed by atoms with Gasteiger partial charge in [-0.25, -0.2) is 0 Å². The summed E-state index contributed by atoms with van der Waals surface area (Å²) in [5.74, 6) is 1.27. The van der Waals surface area contributed by atoms with Crippen molar-refractivity contribution < 1.29 is 9.59 Å². The molecule has 0 saturated carbocycles. The predicted molar refractivity (Wildman–Crippen MR) is 34.1 cm³/mol. The van der Waals surface area contributed by atoms with Crippen LogP contribution in [0.15, 0.2) is 0 Å². The Kier molecular flexibility index (Phi) is 6.43. The number of thioether (sulfide) groups is 1. The summed E-state index contributed by atoms with van der Waals surface area (Å²) in [5, 5.41) is 0. The number of carbonyl (C=O) groups is 2. The van der Waals surface area contributed by atoms with Gasteiger partial charge in [-0.15, -0.1) is 0 Å². The van der Waals surface area contributed by atoms with Gasteiger partial charge in [-0.2, -0.15) is 11.8 Å². The van der Waals surface area contributed by atoms with E-state index in [-0.39, 0.29) is 0 Å². The Labute approximate surface area is 52.6 Å². The zero-order chi connectivity index (χ0) is 6.24. The van der Waals surface area contributed by atoms with Gasteiger partial charge < -0.3 is 9.59 Å². The maximum Gasteiger partial charge on any atom is 0.129 e. The van der Waals surface area contributed by atoms with Gasteiger partial charge in [0.05, 0.1) is 0 Å². The van der Waals surface area contributed by atoms with Gasteiger partial charge in [-0.05, 0) is 0 Å². The Hall–Kier alpha value is -0.310. The number of rotatable bonds is 5. The van der Waals surface area contributed by atoms with Crippen molar-refractivity contribution in [1.82, 2.24) is 0 Å². The second kappa shape index (κ2) is 6.69. The van der Waals surface area contributed by atoms with Crippen LogP contribution >= 0.6 is 11.8 Å². The SMILES string of the molecule is O=CCCSCC=O. The molecular formula is C5H8O2S. The van der Waals surface area contributed by atoms with E-state index in [1.165, 1.54) is 11.8 Å². The van der Waals surface area contributed by atoms with Gasteiger partial charge in [0, 0.05) is 17.9 Å². The van der Waals surface area contributed by atoms with Crippen molar-refractivity contribution in [1.29, 1.82) is 0 Å². The van der Waals surface area contributed by atoms with E-state index in [4.69, 9.17) is 0 Å². The summed E-state index contributed by atoms with van der Waals surface area (Å²) < 4.78 is 0. The van der Waals surface area contributed by atoms with Gasteiger partial charge in [0.25, 0.3) is 0 Å². The van der Waals surface area contributed by atoms with Crippen LogP contribution in [0.25, 0.3) is 0 Å². The molecule has 0 fully saturated rings. The molecule has 8 heavy (non-hydrogen) atoms. The van der Waals surface area contributed by atoms with Crippen molar-refractivity contribution in [2.75, 3.05) is 11.5 Å². The van der Waals surface area contributed by atoms with E-state index in [0.717, 1.165) is 18.3 Å². The Balaban J connectivity index is 2.71. The Bertz CT molecular complexity index is 62.8. The zero-order valence-electron chi connectivity index (χ0n) is 4.50. The summed E-state index contributed by atoms with van der Waals surface area (Å²) in [7, 11) is 0. The van der Waals surface area contributed by atoms with Gasteiger partial charge in [-0.3, -0.25) is 0 Å². The van der Waals surface area contributed by atoms with Crippen molar-refractivity contribution in [2.24, 2.45) is 0 Å². The highest BCUT2D eigenvalue weighted by molar-refractivity contribution is 7.99. The van der Waals surface area contributed by atoms with Crippen LogP contribution in [0.2, 0.25) is 0 Å². The lowest BCUT2D eigenvalue weighted by molar-refractivity contribution is -0.107. The molecule has 0 aliphatic rings. The molecule has 0 N–H and O–H groups in total. The van der Waals surface area contributed by atoms with Crippen LogP contribution in [-0.2, 0) is 9.59 Å². The Morgan fingerprint density at radius 1 is 1.25 bits per heavy atom. The van der Waals surface area contributed by atoms with E-state index in [1.54, 1.807) is 0 Å². The van der Waals surface area contributed by atoms with E-state index in [9.17, 15) is 9.59 Å². The molecule has 0 radical (unpaired) electrons. The van der Waals surface area contributed by atoms with E-state index in [1.807, 2.05) is 0 Å². The maximum absolute atomic E-state index is 9.67. The molecule has 0 bridgehead atoms. The fourth-order valence-corrected chi connectivity index (χ4v) is 0.789. The number of hydrogen-bond acceptors (Lipinski definition) is 3. The maximum atomic E-state index is 9.67. The topological polar surface area (TPSA) is 34.1 Å². The third-order valence-electron chi connectivity index (χ3n) is 0.566. The van der Waals surface area contributed by atoms with Crippen LogP contribution in [-0.4, -0.2) is 24.1 Å². The molecule has 0 aromatic rings. The van der Waals surface area contributed by atoms with Gasteiger partial charge in [0.1, 0.15) is 12.6 Å². The van der Waals surface area contributed by atoms with E-state index in [0.29, 0.717) is 12.2 Å². The second-order valence-electron chi connectivity index (χ2n) is 1.20. The molecule has 0 aromatic carbocycles. The second-order valence-corrected chi connectivity index (χ2v) is 2.35. The largest absolute Gasteiger partial charge is 0.303 e. The van der Waals surface area contributed by atoms with E-state index < -0.39 is 0 Å². The first kappa shape index (κ1) is 7.69. The normalized spacial score (nSPS) is 8.50. The number of hydrogen-bond donors (Lipinski definition) is 0. The standard InChI is InChI=1S/C5H8O2S/c6-2-1-4-8-5-3-7/h2-3H,1,4-5H2. The lowest BCUT2D eigenvalue weighted by Gasteiger charge is -1.86. The van der Waals surface area contributed by atoms with Crippen LogP contribution < -0.4 is 0 Å². The smallest absolute Gasteiger partial charge is 0.129 e. The average molecular weight is 132 g/mol. The molecule has 2 nitrogen and oxygen atoms in total. The molecular weight excluding hydrogens is 124 g/mol. The summed E-state index contributed by atoms with van der Waals surface area (Å²) in [5.41, 5.74) is 0. The van der Waals surface area contributed by atoms with Gasteiger partial charge in [0.2, 0.25) is 0 Å². The molecule has 46 valence electrons. The predicted octanol–water partition coefficient (Wildman–Crippen LogP) is 0.508. The molecule has 0 saturated heterocycles. The highest BCUT2D eigenvalue weighted by Gasteiger charge is 1.83. The molecule has 0 spiro atoms. The van der Waals surface area contributed by atoms with Crippen LogP contribution in [0, 0.1) is 0 Å². The monoisotopic (exact) mass is 132 g/mol. The average Bonchev–Trinajstić information content (AvgIpc) is 1.81. The molecule has 0 rings (SSSR count). The van der Waals surface area contributed by atoms with Crippen molar-refractivity contribution in [2.45, 2.75) is 6.42 Å². The Morgan fingerprint density at radius 3 is 2.50 bits per heavy atom. The van der Waals surface area contributed by atoms with E-state index in [2.05, 4.69) is 0 Å². The van der Waals surface area contributed by atoms with Crippen molar-refractivity contribution >= 4 is 24.3 Å². The van der Waals surface area contributed by atoms with E-state index >= 15 is 0 Å². The van der Waals surface area contributed by atoms with Gasteiger partial charge in [0.15, 0.2) is 0 Å². The number of carbonyl (C=O) groups excluding carboxylic acids is 2. The quantitative estimate of drug-likeness (QED) is 0.403. The van der Waals surface area contributed by atoms with Crippen LogP contribution in [0.4, 0.5) is 0 Å². The van der Waals surface area contributed by atoms with Crippen LogP contribution in [0.5, 0.6) is 0 Å². The third-order valence-corrected chi connectivity index (χ3v) is 1.46. The first-order valence-corrected chi connectivity index (χ1v) is 3.52. The van der Waals surface area contributed by atoms with Gasteiger partial charge >= 0.3 is 0 Å². The minimum atomic E-state index is 0.508.